The van der Waals surface area contributed by atoms with Crippen molar-refractivity contribution in [2.45, 2.75) is 26.8 Å². The molecular weight excluding hydrogens is 294 g/mol. The van der Waals surface area contributed by atoms with Crippen molar-refractivity contribution in [2.24, 2.45) is 0 Å². The molecule has 0 fully saturated rings. The molecule has 120 valence electrons. The van der Waals surface area contributed by atoms with Gasteiger partial charge in [0.05, 0.1) is 11.5 Å². The molecule has 0 atom stereocenters. The molecule has 6 heteroatoms. The highest BCUT2D eigenvalue weighted by Gasteiger charge is 2.20. The zero-order valence-corrected chi connectivity index (χ0v) is 13.3. The number of hydrogen-bond donors (Lipinski definition) is 0. The molecule has 0 amide bonds. The third-order valence-electron chi connectivity index (χ3n) is 4.09. The van der Waals surface area contributed by atoms with Crippen molar-refractivity contribution in [3.05, 3.63) is 57.3 Å². The van der Waals surface area contributed by atoms with Crippen LogP contribution in [0.25, 0.3) is 0 Å². The Balaban J connectivity index is 1.85. The maximum Gasteiger partial charge on any atom is 0.290 e. The lowest BCUT2D eigenvalue weighted by Gasteiger charge is -2.30. The lowest BCUT2D eigenvalue weighted by Crippen LogP contribution is -2.31. The average Bonchev–Trinajstić information content (AvgIpc) is 2.54. The standard InChI is InChI=1S/C17H19N3O3/c1-3-23-15-5-4-13-6-7-19(11-14(13)9-15)17-8-12(2)16(10-18-17)20(21)22/h4-5,8-10H,3,6-7,11H2,1-2H3. The summed E-state index contributed by atoms with van der Waals surface area (Å²) < 4.78 is 5.56. The van der Waals surface area contributed by atoms with Gasteiger partial charge in [-0.2, -0.15) is 0 Å². The molecule has 3 rings (SSSR count). The molecule has 2 aromatic rings. The van der Waals surface area contributed by atoms with Crippen molar-refractivity contribution < 1.29 is 9.66 Å². The average molecular weight is 313 g/mol. The van der Waals surface area contributed by atoms with Crippen LogP contribution in [0.1, 0.15) is 23.6 Å². The second-order valence-electron chi connectivity index (χ2n) is 5.62. The number of ether oxygens (including phenoxy) is 1. The molecule has 0 spiro atoms. The third kappa shape index (κ3) is 3.11. The predicted octanol–water partition coefficient (Wildman–Crippen LogP) is 3.26. The molecule has 1 aliphatic heterocycles. The van der Waals surface area contributed by atoms with E-state index < -0.39 is 4.92 Å². The van der Waals surface area contributed by atoms with Crippen molar-refractivity contribution in [2.75, 3.05) is 18.1 Å². The van der Waals surface area contributed by atoms with Crippen molar-refractivity contribution in [1.82, 2.24) is 4.98 Å². The monoisotopic (exact) mass is 313 g/mol. The van der Waals surface area contributed by atoms with Crippen LogP contribution in [-0.4, -0.2) is 23.1 Å². The number of rotatable bonds is 4. The minimum Gasteiger partial charge on any atom is -0.494 e. The lowest BCUT2D eigenvalue weighted by molar-refractivity contribution is -0.385. The normalized spacial score (nSPS) is 13.6. The van der Waals surface area contributed by atoms with E-state index in [-0.39, 0.29) is 5.69 Å². The lowest BCUT2D eigenvalue weighted by atomic mass is 9.99. The molecule has 6 nitrogen and oxygen atoms in total. The van der Waals surface area contributed by atoms with E-state index in [1.807, 2.05) is 13.0 Å². The Kier molecular flexibility index (Phi) is 4.14. The highest BCUT2D eigenvalue weighted by molar-refractivity contribution is 5.51. The topological polar surface area (TPSA) is 68.5 Å². The maximum absolute atomic E-state index is 10.9. The van der Waals surface area contributed by atoms with Gasteiger partial charge in [0.2, 0.25) is 0 Å². The first-order valence-electron chi connectivity index (χ1n) is 7.69. The second kappa shape index (κ2) is 6.24. The predicted molar refractivity (Wildman–Crippen MR) is 88.0 cm³/mol. The number of anilines is 1. The molecular formula is C17H19N3O3. The summed E-state index contributed by atoms with van der Waals surface area (Å²) in [6.45, 7) is 5.95. The zero-order chi connectivity index (χ0) is 16.4. The minimum atomic E-state index is -0.397. The Morgan fingerprint density at radius 2 is 2.17 bits per heavy atom. The van der Waals surface area contributed by atoms with E-state index in [0.29, 0.717) is 12.2 Å². The summed E-state index contributed by atoms with van der Waals surface area (Å²) in [6.07, 6.45) is 2.27. The van der Waals surface area contributed by atoms with Crippen LogP contribution in [0.3, 0.4) is 0 Å². The SMILES string of the molecule is CCOc1ccc2c(c1)CN(c1cc(C)c([N+](=O)[O-])cn1)CC2. The number of hydrogen-bond acceptors (Lipinski definition) is 5. The Hall–Kier alpha value is -2.63. The van der Waals surface area contributed by atoms with Gasteiger partial charge in [0, 0.05) is 18.7 Å². The molecule has 2 heterocycles. The Bertz CT molecular complexity index is 746. The molecule has 0 radical (unpaired) electrons. The first-order chi connectivity index (χ1) is 11.1. The van der Waals surface area contributed by atoms with Gasteiger partial charge in [-0.3, -0.25) is 10.1 Å². The number of benzene rings is 1. The van der Waals surface area contributed by atoms with Gasteiger partial charge >= 0.3 is 0 Å². The first-order valence-corrected chi connectivity index (χ1v) is 7.69. The van der Waals surface area contributed by atoms with Crippen LogP contribution >= 0.6 is 0 Å². The fourth-order valence-electron chi connectivity index (χ4n) is 2.88. The van der Waals surface area contributed by atoms with Crippen LogP contribution in [-0.2, 0) is 13.0 Å². The molecule has 0 saturated carbocycles. The summed E-state index contributed by atoms with van der Waals surface area (Å²) in [5, 5.41) is 10.9. The van der Waals surface area contributed by atoms with Gasteiger partial charge in [-0.15, -0.1) is 0 Å². The van der Waals surface area contributed by atoms with Gasteiger partial charge in [-0.25, -0.2) is 4.98 Å². The molecule has 1 aromatic heterocycles. The summed E-state index contributed by atoms with van der Waals surface area (Å²) in [5.74, 6) is 1.65. The van der Waals surface area contributed by atoms with Crippen LogP contribution in [0.2, 0.25) is 0 Å². The molecule has 0 N–H and O–H groups in total. The molecule has 0 bridgehead atoms. The van der Waals surface area contributed by atoms with Crippen LogP contribution in [0.5, 0.6) is 5.75 Å². The van der Waals surface area contributed by atoms with E-state index in [4.69, 9.17) is 4.74 Å². The number of pyridine rings is 1. The van der Waals surface area contributed by atoms with Gasteiger partial charge in [-0.1, -0.05) is 6.07 Å². The first kappa shape index (κ1) is 15.3. The molecule has 0 aliphatic carbocycles. The summed E-state index contributed by atoms with van der Waals surface area (Å²) >= 11 is 0. The van der Waals surface area contributed by atoms with Crippen LogP contribution in [0, 0.1) is 17.0 Å². The Morgan fingerprint density at radius 1 is 1.35 bits per heavy atom. The fraction of sp³-hybridized carbons (Fsp3) is 0.353. The second-order valence-corrected chi connectivity index (χ2v) is 5.62. The minimum absolute atomic E-state index is 0.0600. The molecule has 1 aromatic carbocycles. The van der Waals surface area contributed by atoms with E-state index in [1.165, 1.54) is 17.3 Å². The number of fused-ring (bicyclic) bond motifs is 1. The van der Waals surface area contributed by atoms with Crippen molar-refractivity contribution in [1.29, 1.82) is 0 Å². The summed E-state index contributed by atoms with van der Waals surface area (Å²) in [6, 6.07) is 7.98. The van der Waals surface area contributed by atoms with Crippen molar-refractivity contribution in [3.63, 3.8) is 0 Å². The summed E-state index contributed by atoms with van der Waals surface area (Å²) in [4.78, 5) is 16.9. The van der Waals surface area contributed by atoms with Crippen molar-refractivity contribution in [3.8, 4) is 5.75 Å². The Morgan fingerprint density at radius 3 is 2.87 bits per heavy atom. The van der Waals surface area contributed by atoms with Gasteiger partial charge in [0.15, 0.2) is 0 Å². The number of nitrogens with zero attached hydrogens (tertiary/aromatic N) is 3. The van der Waals surface area contributed by atoms with Gasteiger partial charge in [0.25, 0.3) is 5.69 Å². The fourth-order valence-corrected chi connectivity index (χ4v) is 2.88. The van der Waals surface area contributed by atoms with Crippen LogP contribution in [0.4, 0.5) is 11.5 Å². The van der Waals surface area contributed by atoms with Gasteiger partial charge in [-0.05, 0) is 49.6 Å². The van der Waals surface area contributed by atoms with Crippen molar-refractivity contribution >= 4 is 11.5 Å². The smallest absolute Gasteiger partial charge is 0.290 e. The van der Waals surface area contributed by atoms with Crippen LogP contribution in [0.15, 0.2) is 30.5 Å². The molecule has 0 unspecified atom stereocenters. The van der Waals surface area contributed by atoms with E-state index in [9.17, 15) is 10.1 Å². The highest BCUT2D eigenvalue weighted by Crippen LogP contribution is 2.28. The van der Waals surface area contributed by atoms with Gasteiger partial charge in [0.1, 0.15) is 17.8 Å². The molecule has 1 aliphatic rings. The quantitative estimate of drug-likeness (QED) is 0.640. The third-order valence-corrected chi connectivity index (χ3v) is 4.09. The molecule has 0 saturated heterocycles. The van der Waals surface area contributed by atoms with E-state index in [0.717, 1.165) is 31.1 Å². The summed E-state index contributed by atoms with van der Waals surface area (Å²) in [5.41, 5.74) is 3.24. The maximum atomic E-state index is 10.9. The zero-order valence-electron chi connectivity index (χ0n) is 13.3. The number of nitro groups is 1. The Labute approximate surface area is 134 Å². The van der Waals surface area contributed by atoms with E-state index in [2.05, 4.69) is 22.0 Å². The summed E-state index contributed by atoms with van der Waals surface area (Å²) in [7, 11) is 0. The number of aromatic nitrogens is 1. The van der Waals surface area contributed by atoms with E-state index >= 15 is 0 Å². The molecule has 23 heavy (non-hydrogen) atoms. The van der Waals surface area contributed by atoms with Crippen LogP contribution < -0.4 is 9.64 Å². The largest absolute Gasteiger partial charge is 0.494 e. The van der Waals surface area contributed by atoms with Gasteiger partial charge < -0.3 is 9.64 Å². The van der Waals surface area contributed by atoms with E-state index in [1.54, 1.807) is 13.0 Å². The highest BCUT2D eigenvalue weighted by atomic mass is 16.6. The number of aryl methyl sites for hydroxylation is 1.